The molecule has 1 aliphatic heterocycles. The second-order valence-corrected chi connectivity index (χ2v) is 8.01. The molecule has 1 N–H and O–H groups in total. The van der Waals surface area contributed by atoms with Crippen LogP contribution in [0.3, 0.4) is 0 Å². The highest BCUT2D eigenvalue weighted by atomic mass is 16.5. The minimum atomic E-state index is -0.0355. The lowest BCUT2D eigenvalue weighted by molar-refractivity contribution is -0.121. The van der Waals surface area contributed by atoms with E-state index in [4.69, 9.17) is 9.51 Å². The molecule has 3 heterocycles. The number of benzene rings is 1. The van der Waals surface area contributed by atoms with Crippen LogP contribution in [0.2, 0.25) is 0 Å². The summed E-state index contributed by atoms with van der Waals surface area (Å²) in [6.45, 7) is 5.87. The number of hydrogen-bond acceptors (Lipinski definition) is 6. The number of carbonyl (C=O) groups excluding carboxylic acids is 1. The van der Waals surface area contributed by atoms with Crippen molar-refractivity contribution in [2.45, 2.75) is 58.4 Å². The molecule has 7 heteroatoms. The van der Waals surface area contributed by atoms with Crippen molar-refractivity contribution in [1.82, 2.24) is 20.4 Å². The molecular formula is C23H29N5O2. The average Bonchev–Trinajstić information content (AvgIpc) is 2.96. The van der Waals surface area contributed by atoms with Gasteiger partial charge in [-0.3, -0.25) is 4.79 Å². The molecule has 3 aromatic rings. The number of hydrogen-bond donors (Lipinski definition) is 1. The van der Waals surface area contributed by atoms with Crippen LogP contribution in [0.4, 0.5) is 5.82 Å². The molecule has 0 unspecified atom stereocenters. The number of aromatic nitrogens is 3. The summed E-state index contributed by atoms with van der Waals surface area (Å²) in [5.74, 6) is 1.51. The Kier molecular flexibility index (Phi) is 6.26. The zero-order chi connectivity index (χ0) is 20.9. The molecule has 0 radical (unpaired) electrons. The van der Waals surface area contributed by atoms with Gasteiger partial charge >= 0.3 is 0 Å². The van der Waals surface area contributed by atoms with E-state index in [0.29, 0.717) is 24.4 Å². The molecule has 1 fully saturated rings. The Bertz CT molecular complexity index is 994. The first-order chi connectivity index (χ1) is 14.6. The van der Waals surface area contributed by atoms with Crippen LogP contribution in [0.5, 0.6) is 0 Å². The number of rotatable bonds is 6. The summed E-state index contributed by atoms with van der Waals surface area (Å²) in [6, 6.07) is 9.92. The molecule has 1 atom stereocenters. The van der Waals surface area contributed by atoms with Gasteiger partial charge in [0.15, 0.2) is 0 Å². The summed E-state index contributed by atoms with van der Waals surface area (Å²) in [5, 5.41) is 8.05. The van der Waals surface area contributed by atoms with Gasteiger partial charge in [-0.15, -0.1) is 0 Å². The Morgan fingerprint density at radius 2 is 1.87 bits per heavy atom. The number of carbonyl (C=O) groups is 1. The summed E-state index contributed by atoms with van der Waals surface area (Å²) in [7, 11) is 0. The van der Waals surface area contributed by atoms with E-state index in [1.165, 1.54) is 12.8 Å². The summed E-state index contributed by atoms with van der Waals surface area (Å²) >= 11 is 0. The monoisotopic (exact) mass is 407 g/mol. The second kappa shape index (κ2) is 9.24. The van der Waals surface area contributed by atoms with Crippen molar-refractivity contribution >= 4 is 22.8 Å². The molecule has 0 aliphatic carbocycles. The SMILES string of the molecule is Cc1noc2nc(CCC(=O)N[C@@H](C)c3ccccc3)nc(N3CCCCCC3)c12. The number of nitrogens with one attached hydrogen (secondary N) is 1. The van der Waals surface area contributed by atoms with Gasteiger partial charge in [-0.1, -0.05) is 48.3 Å². The third-order valence-electron chi connectivity index (χ3n) is 5.69. The van der Waals surface area contributed by atoms with Crippen molar-refractivity contribution in [3.63, 3.8) is 0 Å². The Morgan fingerprint density at radius 3 is 2.60 bits per heavy atom. The second-order valence-electron chi connectivity index (χ2n) is 8.01. The van der Waals surface area contributed by atoms with Crippen LogP contribution in [0.1, 0.15) is 62.2 Å². The maximum atomic E-state index is 12.5. The predicted molar refractivity (Wildman–Crippen MR) is 116 cm³/mol. The molecule has 0 bridgehead atoms. The van der Waals surface area contributed by atoms with E-state index < -0.39 is 0 Å². The van der Waals surface area contributed by atoms with E-state index in [0.717, 1.165) is 48.4 Å². The van der Waals surface area contributed by atoms with E-state index in [9.17, 15) is 4.79 Å². The van der Waals surface area contributed by atoms with Crippen LogP contribution in [0.25, 0.3) is 11.1 Å². The average molecular weight is 408 g/mol. The van der Waals surface area contributed by atoms with Gasteiger partial charge in [0, 0.05) is 25.9 Å². The fourth-order valence-electron chi connectivity index (χ4n) is 4.00. The maximum Gasteiger partial charge on any atom is 0.263 e. The zero-order valence-corrected chi connectivity index (χ0v) is 17.7. The summed E-state index contributed by atoms with van der Waals surface area (Å²) in [6.07, 6.45) is 5.61. The number of amides is 1. The van der Waals surface area contributed by atoms with Crippen LogP contribution in [0, 0.1) is 6.92 Å². The fourth-order valence-corrected chi connectivity index (χ4v) is 4.00. The standard InChI is InChI=1S/C23H29N5O2/c1-16(18-10-6-5-7-11-18)24-20(29)13-12-19-25-22(28-14-8-3-4-9-15-28)21-17(2)27-30-23(21)26-19/h5-7,10-11,16H,3-4,8-9,12-15H2,1-2H3,(H,24,29)/t16-/m0/s1. The number of anilines is 1. The summed E-state index contributed by atoms with van der Waals surface area (Å²) in [4.78, 5) is 24.2. The lowest BCUT2D eigenvalue weighted by Crippen LogP contribution is -2.27. The van der Waals surface area contributed by atoms with Gasteiger partial charge in [-0.2, -0.15) is 4.98 Å². The molecule has 30 heavy (non-hydrogen) atoms. The Labute approximate surface area is 176 Å². The van der Waals surface area contributed by atoms with Crippen molar-refractivity contribution in [2.75, 3.05) is 18.0 Å². The van der Waals surface area contributed by atoms with Crippen LogP contribution in [-0.2, 0) is 11.2 Å². The molecule has 1 aromatic carbocycles. The third-order valence-corrected chi connectivity index (χ3v) is 5.69. The Hall–Kier alpha value is -2.96. The Balaban J connectivity index is 1.48. The zero-order valence-electron chi connectivity index (χ0n) is 17.7. The van der Waals surface area contributed by atoms with Crippen molar-refractivity contribution in [2.24, 2.45) is 0 Å². The van der Waals surface area contributed by atoms with Crippen LogP contribution in [-0.4, -0.2) is 34.1 Å². The largest absolute Gasteiger partial charge is 0.356 e. The minimum absolute atomic E-state index is 0.0138. The first-order valence-electron chi connectivity index (χ1n) is 10.8. The van der Waals surface area contributed by atoms with Crippen LogP contribution in [0.15, 0.2) is 34.9 Å². The lowest BCUT2D eigenvalue weighted by atomic mass is 10.1. The molecular weight excluding hydrogens is 378 g/mol. The maximum absolute atomic E-state index is 12.5. The highest BCUT2D eigenvalue weighted by Gasteiger charge is 2.21. The smallest absolute Gasteiger partial charge is 0.263 e. The van der Waals surface area contributed by atoms with Crippen LogP contribution < -0.4 is 10.2 Å². The number of nitrogens with zero attached hydrogens (tertiary/aromatic N) is 4. The van der Waals surface area contributed by atoms with Crippen molar-refractivity contribution in [3.05, 3.63) is 47.4 Å². The first-order valence-corrected chi connectivity index (χ1v) is 10.8. The van der Waals surface area contributed by atoms with Crippen molar-refractivity contribution in [3.8, 4) is 0 Å². The number of aryl methyl sites for hydroxylation is 2. The molecule has 158 valence electrons. The normalized spacial score (nSPS) is 15.7. The summed E-state index contributed by atoms with van der Waals surface area (Å²) < 4.78 is 5.45. The first kappa shape index (κ1) is 20.3. The van der Waals surface area contributed by atoms with Gasteiger partial charge in [0.1, 0.15) is 17.0 Å². The van der Waals surface area contributed by atoms with E-state index in [1.807, 2.05) is 44.2 Å². The molecule has 0 saturated carbocycles. The van der Waals surface area contributed by atoms with Gasteiger partial charge < -0.3 is 14.7 Å². The predicted octanol–water partition coefficient (Wildman–Crippen LogP) is 4.12. The van der Waals surface area contributed by atoms with Gasteiger partial charge in [0.05, 0.1) is 11.7 Å². The molecule has 0 spiro atoms. The fraction of sp³-hybridized carbons (Fsp3) is 0.478. The molecule has 1 amide bonds. The van der Waals surface area contributed by atoms with Gasteiger partial charge in [0.25, 0.3) is 5.71 Å². The van der Waals surface area contributed by atoms with Gasteiger partial charge in [-0.25, -0.2) is 4.98 Å². The lowest BCUT2D eigenvalue weighted by Gasteiger charge is -2.22. The third kappa shape index (κ3) is 4.61. The quantitative estimate of drug-likeness (QED) is 0.662. The van der Waals surface area contributed by atoms with Gasteiger partial charge in [-0.05, 0) is 32.3 Å². The van der Waals surface area contributed by atoms with Crippen molar-refractivity contribution in [1.29, 1.82) is 0 Å². The molecule has 1 saturated heterocycles. The van der Waals surface area contributed by atoms with E-state index in [-0.39, 0.29) is 11.9 Å². The van der Waals surface area contributed by atoms with E-state index in [1.54, 1.807) is 0 Å². The van der Waals surface area contributed by atoms with Crippen LogP contribution >= 0.6 is 0 Å². The van der Waals surface area contributed by atoms with Gasteiger partial charge in [0.2, 0.25) is 5.91 Å². The molecule has 2 aromatic heterocycles. The molecule has 4 rings (SSSR count). The Morgan fingerprint density at radius 1 is 1.13 bits per heavy atom. The number of fused-ring (bicyclic) bond motifs is 1. The minimum Gasteiger partial charge on any atom is -0.356 e. The van der Waals surface area contributed by atoms with Crippen molar-refractivity contribution < 1.29 is 9.32 Å². The van der Waals surface area contributed by atoms with E-state index >= 15 is 0 Å². The topological polar surface area (TPSA) is 84.1 Å². The molecule has 7 nitrogen and oxygen atoms in total. The highest BCUT2D eigenvalue weighted by Crippen LogP contribution is 2.29. The van der Waals surface area contributed by atoms with E-state index in [2.05, 4.69) is 20.4 Å². The molecule has 1 aliphatic rings. The summed E-state index contributed by atoms with van der Waals surface area (Å²) in [5.41, 5.74) is 2.41. The highest BCUT2D eigenvalue weighted by molar-refractivity contribution is 5.88.